The number of hydrogen-bond acceptors (Lipinski definition) is 4. The summed E-state index contributed by atoms with van der Waals surface area (Å²) < 4.78 is 16.0. The lowest BCUT2D eigenvalue weighted by Gasteiger charge is -1.96. The average molecular weight is 294 g/mol. The Kier molecular flexibility index (Phi) is 2.49. The molecule has 4 nitrogen and oxygen atoms in total. The van der Waals surface area contributed by atoms with Crippen LogP contribution in [-0.2, 0) is 0 Å². The normalized spacial score (nSPS) is 11.0. The van der Waals surface area contributed by atoms with E-state index in [9.17, 15) is 4.39 Å². The van der Waals surface area contributed by atoms with Gasteiger partial charge in [-0.25, -0.2) is 4.39 Å². The summed E-state index contributed by atoms with van der Waals surface area (Å²) in [6, 6.07) is 12.2. The van der Waals surface area contributed by atoms with Crippen molar-refractivity contribution in [3.05, 3.63) is 54.0 Å². The molecule has 0 aliphatic heterocycles. The molecule has 0 fully saturated rings. The lowest BCUT2D eigenvalue weighted by atomic mass is 10.2. The van der Waals surface area contributed by atoms with E-state index in [1.165, 1.54) is 23.5 Å². The number of rotatable bonds is 1. The molecule has 0 aliphatic rings. The summed E-state index contributed by atoms with van der Waals surface area (Å²) in [4.78, 5) is 0.910. The van der Waals surface area contributed by atoms with Gasteiger partial charge in [0.05, 0.1) is 16.5 Å². The van der Waals surface area contributed by atoms with Crippen molar-refractivity contribution in [3.8, 4) is 16.8 Å². The van der Waals surface area contributed by atoms with Crippen LogP contribution in [0.25, 0.3) is 26.4 Å². The summed E-state index contributed by atoms with van der Waals surface area (Å²) in [7, 11) is 0. The van der Waals surface area contributed by atoms with Crippen molar-refractivity contribution in [3.63, 3.8) is 0 Å². The van der Waals surface area contributed by atoms with Gasteiger partial charge in [-0.2, -0.15) is 5.26 Å². The van der Waals surface area contributed by atoms with Gasteiger partial charge in [0.25, 0.3) is 0 Å². The number of nitrogens with zero attached hydrogens (tertiary/aromatic N) is 4. The number of thiophene rings is 1. The Labute approximate surface area is 122 Å². The average Bonchev–Trinajstić information content (AvgIpc) is 3.08. The van der Waals surface area contributed by atoms with Crippen molar-refractivity contribution in [2.75, 3.05) is 0 Å². The van der Waals surface area contributed by atoms with Gasteiger partial charge in [-0.05, 0) is 29.7 Å². The second kappa shape index (κ2) is 4.36. The monoisotopic (exact) mass is 294 g/mol. The molecule has 0 bridgehead atoms. The van der Waals surface area contributed by atoms with Crippen molar-refractivity contribution in [2.24, 2.45) is 0 Å². The van der Waals surface area contributed by atoms with Crippen molar-refractivity contribution in [2.45, 2.75) is 0 Å². The molecule has 0 unspecified atom stereocenters. The van der Waals surface area contributed by atoms with E-state index in [1.807, 2.05) is 10.5 Å². The first-order valence-electron chi connectivity index (χ1n) is 6.19. The molecule has 1 aromatic carbocycles. The molecule has 3 aromatic heterocycles. The highest BCUT2D eigenvalue weighted by Crippen LogP contribution is 2.33. The zero-order valence-corrected chi connectivity index (χ0v) is 11.4. The Bertz CT molecular complexity index is 1030. The van der Waals surface area contributed by atoms with Crippen LogP contribution in [0.5, 0.6) is 0 Å². The maximum atomic E-state index is 13.3. The van der Waals surface area contributed by atoms with Crippen LogP contribution >= 0.6 is 11.3 Å². The van der Waals surface area contributed by atoms with E-state index in [1.54, 1.807) is 24.4 Å². The summed E-state index contributed by atoms with van der Waals surface area (Å²) in [5.74, 6) is 0.441. The first-order chi connectivity index (χ1) is 10.2. The van der Waals surface area contributed by atoms with Gasteiger partial charge in [-0.3, -0.25) is 4.40 Å². The van der Waals surface area contributed by atoms with Gasteiger partial charge >= 0.3 is 0 Å². The summed E-state index contributed by atoms with van der Waals surface area (Å²) in [6.45, 7) is 0. The van der Waals surface area contributed by atoms with Crippen LogP contribution in [0.1, 0.15) is 5.56 Å². The van der Waals surface area contributed by atoms with Crippen LogP contribution in [0, 0.1) is 17.1 Å². The van der Waals surface area contributed by atoms with Gasteiger partial charge in [0.1, 0.15) is 5.82 Å². The Balaban J connectivity index is 1.94. The highest BCUT2D eigenvalue weighted by molar-refractivity contribution is 7.22. The molecule has 4 aromatic rings. The van der Waals surface area contributed by atoms with Gasteiger partial charge in [0.15, 0.2) is 11.5 Å². The molecule has 6 heteroatoms. The van der Waals surface area contributed by atoms with Crippen molar-refractivity contribution < 1.29 is 4.39 Å². The SMILES string of the molecule is N#Cc1ccn2c(-c3cc4ccc(F)cc4s3)nnc2c1. The van der Waals surface area contributed by atoms with Crippen LogP contribution < -0.4 is 0 Å². The van der Waals surface area contributed by atoms with Gasteiger partial charge in [0, 0.05) is 17.0 Å². The maximum Gasteiger partial charge on any atom is 0.178 e. The molecular weight excluding hydrogens is 287 g/mol. The summed E-state index contributed by atoms with van der Waals surface area (Å²) >= 11 is 1.47. The third-order valence-electron chi connectivity index (χ3n) is 3.24. The maximum absolute atomic E-state index is 13.3. The summed E-state index contributed by atoms with van der Waals surface area (Å²) in [5, 5.41) is 18.1. The van der Waals surface area contributed by atoms with Crippen LogP contribution in [0.4, 0.5) is 4.39 Å². The van der Waals surface area contributed by atoms with Crippen molar-refractivity contribution in [1.29, 1.82) is 5.26 Å². The summed E-state index contributed by atoms with van der Waals surface area (Å²) in [6.07, 6.45) is 1.77. The minimum Gasteiger partial charge on any atom is -0.282 e. The topological polar surface area (TPSA) is 54.0 Å². The largest absolute Gasteiger partial charge is 0.282 e. The van der Waals surface area contributed by atoms with Gasteiger partial charge < -0.3 is 0 Å². The molecule has 0 saturated carbocycles. The fourth-order valence-electron chi connectivity index (χ4n) is 2.24. The van der Waals surface area contributed by atoms with Gasteiger partial charge in [-0.15, -0.1) is 21.5 Å². The van der Waals surface area contributed by atoms with Crippen molar-refractivity contribution in [1.82, 2.24) is 14.6 Å². The predicted octanol–water partition coefficient (Wildman–Crippen LogP) is 3.62. The number of pyridine rings is 1. The number of benzene rings is 1. The first kappa shape index (κ1) is 12.0. The fraction of sp³-hybridized carbons (Fsp3) is 0. The number of hydrogen-bond donors (Lipinski definition) is 0. The molecule has 0 aliphatic carbocycles. The minimum atomic E-state index is -0.249. The second-order valence-electron chi connectivity index (χ2n) is 4.57. The number of halogens is 1. The number of aromatic nitrogens is 3. The van der Waals surface area contributed by atoms with E-state index < -0.39 is 0 Å². The molecule has 100 valence electrons. The highest BCUT2D eigenvalue weighted by Gasteiger charge is 2.12. The molecule has 4 rings (SSSR count). The minimum absolute atomic E-state index is 0.249. The Morgan fingerprint density at radius 1 is 1.14 bits per heavy atom. The number of fused-ring (bicyclic) bond motifs is 2. The zero-order valence-electron chi connectivity index (χ0n) is 10.6. The van der Waals surface area contributed by atoms with Crippen LogP contribution in [-0.4, -0.2) is 14.6 Å². The number of nitriles is 1. The van der Waals surface area contributed by atoms with E-state index in [0.29, 0.717) is 17.0 Å². The molecule has 3 heterocycles. The third-order valence-corrected chi connectivity index (χ3v) is 4.34. The molecule has 0 saturated heterocycles. The van der Waals surface area contributed by atoms with Crippen molar-refractivity contribution >= 4 is 27.1 Å². The zero-order chi connectivity index (χ0) is 14.4. The standard InChI is InChI=1S/C15H7FN4S/c16-11-2-1-10-6-13(21-12(10)7-11)15-19-18-14-5-9(8-17)3-4-20(14)15/h1-7H. The van der Waals surface area contributed by atoms with Crippen LogP contribution in [0.15, 0.2) is 42.6 Å². The Morgan fingerprint density at radius 3 is 2.90 bits per heavy atom. The van der Waals surface area contributed by atoms with E-state index in [-0.39, 0.29) is 5.82 Å². The van der Waals surface area contributed by atoms with Gasteiger partial charge in [-0.1, -0.05) is 6.07 Å². The van der Waals surface area contributed by atoms with Crippen LogP contribution in [0.3, 0.4) is 0 Å². The second-order valence-corrected chi connectivity index (χ2v) is 5.66. The fourth-order valence-corrected chi connectivity index (χ4v) is 3.31. The van der Waals surface area contributed by atoms with Gasteiger partial charge in [0.2, 0.25) is 0 Å². The van der Waals surface area contributed by atoms with E-state index in [0.717, 1.165) is 15.0 Å². The van der Waals surface area contributed by atoms with E-state index >= 15 is 0 Å². The van der Waals surface area contributed by atoms with E-state index in [4.69, 9.17) is 5.26 Å². The third kappa shape index (κ3) is 1.87. The molecular formula is C15H7FN4S. The highest BCUT2D eigenvalue weighted by atomic mass is 32.1. The lowest BCUT2D eigenvalue weighted by molar-refractivity contribution is 0.630. The Hall–Kier alpha value is -2.78. The smallest absolute Gasteiger partial charge is 0.178 e. The van der Waals surface area contributed by atoms with Crippen LogP contribution in [0.2, 0.25) is 0 Å². The lowest BCUT2D eigenvalue weighted by Crippen LogP contribution is -1.87. The quantitative estimate of drug-likeness (QED) is 0.539. The molecule has 0 N–H and O–H groups in total. The first-order valence-corrected chi connectivity index (χ1v) is 7.00. The molecule has 0 amide bonds. The predicted molar refractivity (Wildman–Crippen MR) is 78.5 cm³/mol. The Morgan fingerprint density at radius 2 is 2.05 bits per heavy atom. The molecule has 0 spiro atoms. The molecule has 21 heavy (non-hydrogen) atoms. The summed E-state index contributed by atoms with van der Waals surface area (Å²) in [5.41, 5.74) is 1.16. The molecule has 0 atom stereocenters. The molecule has 0 radical (unpaired) electrons. The van der Waals surface area contributed by atoms with E-state index in [2.05, 4.69) is 16.3 Å².